The zero-order valence-corrected chi connectivity index (χ0v) is 23.7. The van der Waals surface area contributed by atoms with Gasteiger partial charge in [0.15, 0.2) is 11.5 Å². The number of piperidine rings is 1. The van der Waals surface area contributed by atoms with Gasteiger partial charge in [0, 0.05) is 31.5 Å². The van der Waals surface area contributed by atoms with Gasteiger partial charge in [-0.2, -0.15) is 0 Å². The molecule has 4 aromatic rings. The highest BCUT2D eigenvalue weighted by Crippen LogP contribution is 2.43. The van der Waals surface area contributed by atoms with Gasteiger partial charge < -0.3 is 23.9 Å². The Morgan fingerprint density at radius 2 is 1.93 bits per heavy atom. The molecular weight excluding hydrogens is 544 g/mol. The number of likely N-dealkylation sites (tertiary alicyclic amines) is 1. The van der Waals surface area contributed by atoms with Crippen molar-refractivity contribution in [2.45, 2.75) is 57.6 Å². The van der Waals surface area contributed by atoms with Crippen molar-refractivity contribution in [1.29, 1.82) is 0 Å². The number of aromatic carboxylic acids is 1. The molecule has 5 heterocycles. The third-order valence-electron chi connectivity index (χ3n) is 7.86. The van der Waals surface area contributed by atoms with Crippen LogP contribution in [0.3, 0.4) is 0 Å². The molecule has 41 heavy (non-hydrogen) atoms. The van der Waals surface area contributed by atoms with E-state index in [1.54, 1.807) is 36.7 Å². The summed E-state index contributed by atoms with van der Waals surface area (Å²) in [5, 5.41) is 10.1. The Balaban J connectivity index is 0.000000380. The number of nitrogens with zero attached hydrogens (tertiary/aromatic N) is 4. The van der Waals surface area contributed by atoms with Gasteiger partial charge in [-0.3, -0.25) is 9.88 Å². The average Bonchev–Trinajstić information content (AvgIpc) is 3.50. The minimum absolute atomic E-state index is 0.167. The standard InChI is InChI=1S/C26H29N3O5.C5H4ClN/c1-16-33-23-4-2-3-20(25(23)34-16)17-7-10-28(11-8-17)15-24-27-21-6-5-18(26(30)31)13-22(21)29(24)14-19-9-12-32-19;6-5-2-1-3-7-4-5/h2-6,13,16-17,19H,7-12,14-15H2,1H3,(H,30,31);1-4H. The zero-order valence-electron chi connectivity index (χ0n) is 22.9. The van der Waals surface area contributed by atoms with Crippen molar-refractivity contribution in [1.82, 2.24) is 19.4 Å². The Hall–Kier alpha value is -3.66. The van der Waals surface area contributed by atoms with Crippen molar-refractivity contribution >= 4 is 28.6 Å². The normalized spacial score (nSPS) is 20.3. The molecule has 1 N–H and O–H groups in total. The van der Waals surface area contributed by atoms with Crippen LogP contribution in [-0.2, 0) is 17.8 Å². The van der Waals surface area contributed by atoms with Gasteiger partial charge in [0.25, 0.3) is 0 Å². The molecule has 0 amide bonds. The van der Waals surface area contributed by atoms with Crippen molar-refractivity contribution in [3.63, 3.8) is 0 Å². The quantitative estimate of drug-likeness (QED) is 0.309. The van der Waals surface area contributed by atoms with Crippen LogP contribution in [0.15, 0.2) is 60.9 Å². The smallest absolute Gasteiger partial charge is 0.335 e. The molecule has 2 aromatic carbocycles. The van der Waals surface area contributed by atoms with Crippen LogP contribution in [0.5, 0.6) is 11.5 Å². The number of carboxylic acids is 1. The van der Waals surface area contributed by atoms with Crippen molar-refractivity contribution in [2.24, 2.45) is 0 Å². The molecule has 2 unspecified atom stereocenters. The number of aromatic nitrogens is 3. The van der Waals surface area contributed by atoms with Gasteiger partial charge >= 0.3 is 5.97 Å². The van der Waals surface area contributed by atoms with Crippen LogP contribution < -0.4 is 9.47 Å². The first kappa shape index (κ1) is 27.5. The first-order chi connectivity index (χ1) is 19.9. The zero-order chi connectivity index (χ0) is 28.3. The lowest BCUT2D eigenvalue weighted by Gasteiger charge is -2.33. The predicted octanol–water partition coefficient (Wildman–Crippen LogP) is 5.76. The molecule has 2 atom stereocenters. The Morgan fingerprint density at radius 3 is 2.59 bits per heavy atom. The summed E-state index contributed by atoms with van der Waals surface area (Å²) in [5.41, 5.74) is 3.23. The highest BCUT2D eigenvalue weighted by atomic mass is 35.5. The summed E-state index contributed by atoms with van der Waals surface area (Å²) in [6.07, 6.45) is 6.33. The Bertz CT molecular complexity index is 1520. The molecular formula is C31H33ClN4O5. The number of pyridine rings is 1. The molecule has 0 radical (unpaired) electrons. The highest BCUT2D eigenvalue weighted by molar-refractivity contribution is 6.30. The van der Waals surface area contributed by atoms with Gasteiger partial charge in [-0.05, 0) is 74.7 Å². The summed E-state index contributed by atoms with van der Waals surface area (Å²) in [4.78, 5) is 22.6. The van der Waals surface area contributed by atoms with Gasteiger partial charge in [0.2, 0.25) is 6.29 Å². The van der Waals surface area contributed by atoms with Gasteiger partial charge in [0.1, 0.15) is 5.82 Å². The number of hydrogen-bond acceptors (Lipinski definition) is 7. The van der Waals surface area contributed by atoms with Gasteiger partial charge in [0.05, 0.1) is 40.8 Å². The van der Waals surface area contributed by atoms with E-state index in [9.17, 15) is 9.90 Å². The molecule has 214 valence electrons. The van der Waals surface area contributed by atoms with Crippen LogP contribution in [0, 0.1) is 0 Å². The fourth-order valence-electron chi connectivity index (χ4n) is 5.65. The number of para-hydroxylation sites is 1. The van der Waals surface area contributed by atoms with E-state index in [1.807, 2.05) is 19.1 Å². The Kier molecular flexibility index (Phi) is 8.09. The van der Waals surface area contributed by atoms with Crippen LogP contribution in [-0.4, -0.2) is 62.6 Å². The molecule has 10 heteroatoms. The summed E-state index contributed by atoms with van der Waals surface area (Å²) in [6.45, 7) is 6.09. The molecule has 3 aliphatic rings. The SMILES string of the molecule is CC1Oc2cccc(C3CCN(Cc4nc5ccc(C(=O)O)cc5n4CC4CCO4)CC3)c2O1.Clc1cccnc1. The van der Waals surface area contributed by atoms with Crippen LogP contribution in [0.2, 0.25) is 5.02 Å². The summed E-state index contributed by atoms with van der Waals surface area (Å²) in [6, 6.07) is 14.9. The number of fused-ring (bicyclic) bond motifs is 2. The predicted molar refractivity (Wildman–Crippen MR) is 155 cm³/mol. The number of rotatable bonds is 6. The van der Waals surface area contributed by atoms with Crippen LogP contribution in [0.25, 0.3) is 11.0 Å². The fourth-order valence-corrected chi connectivity index (χ4v) is 5.78. The molecule has 2 saturated heterocycles. The number of halogens is 1. The molecule has 2 fully saturated rings. The third-order valence-corrected chi connectivity index (χ3v) is 8.08. The number of hydrogen-bond donors (Lipinski definition) is 1. The van der Waals surface area contributed by atoms with E-state index >= 15 is 0 Å². The molecule has 0 saturated carbocycles. The van der Waals surface area contributed by atoms with E-state index < -0.39 is 5.97 Å². The number of carboxylic acid groups (broad SMARTS) is 1. The minimum Gasteiger partial charge on any atom is -0.478 e. The summed E-state index contributed by atoms with van der Waals surface area (Å²) in [5.74, 6) is 2.25. The maximum atomic E-state index is 11.5. The first-order valence-corrected chi connectivity index (χ1v) is 14.4. The van der Waals surface area contributed by atoms with E-state index in [0.29, 0.717) is 17.5 Å². The summed E-state index contributed by atoms with van der Waals surface area (Å²) in [7, 11) is 0. The lowest BCUT2D eigenvalue weighted by molar-refractivity contribution is -0.0592. The minimum atomic E-state index is -0.922. The number of imidazole rings is 1. The van der Waals surface area contributed by atoms with Crippen molar-refractivity contribution in [2.75, 3.05) is 19.7 Å². The van der Waals surface area contributed by atoms with Crippen LogP contribution in [0.1, 0.15) is 53.8 Å². The maximum Gasteiger partial charge on any atom is 0.335 e. The van der Waals surface area contributed by atoms with Gasteiger partial charge in [-0.25, -0.2) is 9.78 Å². The number of ether oxygens (including phenoxy) is 3. The van der Waals surface area contributed by atoms with Gasteiger partial charge in [-0.1, -0.05) is 23.7 Å². The molecule has 0 aliphatic carbocycles. The number of carbonyl (C=O) groups is 1. The molecule has 0 spiro atoms. The van der Waals surface area contributed by atoms with E-state index in [2.05, 4.69) is 26.6 Å². The van der Waals surface area contributed by atoms with E-state index in [4.69, 9.17) is 30.8 Å². The molecule has 2 aromatic heterocycles. The second kappa shape index (κ2) is 12.1. The van der Waals surface area contributed by atoms with E-state index in [-0.39, 0.29) is 18.0 Å². The largest absolute Gasteiger partial charge is 0.478 e. The lowest BCUT2D eigenvalue weighted by atomic mass is 9.88. The first-order valence-electron chi connectivity index (χ1n) is 14.0. The summed E-state index contributed by atoms with van der Waals surface area (Å²) >= 11 is 5.48. The molecule has 7 rings (SSSR count). The van der Waals surface area contributed by atoms with Crippen LogP contribution >= 0.6 is 11.6 Å². The second-order valence-corrected chi connectivity index (χ2v) is 11.1. The van der Waals surface area contributed by atoms with Crippen molar-refractivity contribution in [3.05, 3.63) is 82.9 Å². The molecule has 3 aliphatic heterocycles. The Labute approximate surface area is 243 Å². The summed E-state index contributed by atoms with van der Waals surface area (Å²) < 4.78 is 19.5. The Morgan fingerprint density at radius 1 is 1.10 bits per heavy atom. The van der Waals surface area contributed by atoms with Crippen molar-refractivity contribution in [3.8, 4) is 11.5 Å². The van der Waals surface area contributed by atoms with Gasteiger partial charge in [-0.15, -0.1) is 0 Å². The molecule has 0 bridgehead atoms. The lowest BCUT2D eigenvalue weighted by Crippen LogP contribution is -2.35. The third kappa shape index (κ3) is 6.17. The van der Waals surface area contributed by atoms with Crippen LogP contribution in [0.4, 0.5) is 0 Å². The average molecular weight is 577 g/mol. The number of benzene rings is 2. The van der Waals surface area contributed by atoms with Crippen molar-refractivity contribution < 1.29 is 24.1 Å². The maximum absolute atomic E-state index is 11.5. The van der Waals surface area contributed by atoms with E-state index in [1.165, 1.54) is 5.56 Å². The van der Waals surface area contributed by atoms with E-state index in [0.717, 1.165) is 73.9 Å². The topological polar surface area (TPSA) is 98.9 Å². The second-order valence-electron chi connectivity index (χ2n) is 10.6. The highest BCUT2D eigenvalue weighted by Gasteiger charge is 2.30. The molecule has 9 nitrogen and oxygen atoms in total. The fraction of sp³-hybridized carbons (Fsp3) is 0.387. The monoisotopic (exact) mass is 576 g/mol.